The highest BCUT2D eigenvalue weighted by Gasteiger charge is 2.09. The minimum absolute atomic E-state index is 0.102. The average Bonchev–Trinajstić information content (AvgIpc) is 2.17. The number of aromatic carboxylic acids is 1. The van der Waals surface area contributed by atoms with Crippen LogP contribution in [0, 0.1) is 0 Å². The number of carbonyl (C=O) groups is 1. The molecule has 0 saturated heterocycles. The second kappa shape index (κ2) is 2.95. The fourth-order valence-electron chi connectivity index (χ4n) is 1.17. The first kappa shape index (κ1) is 8.43. The van der Waals surface area contributed by atoms with E-state index in [2.05, 4.69) is 9.97 Å². The minimum atomic E-state index is -1.17. The fourth-order valence-corrected chi connectivity index (χ4v) is 1.17. The van der Waals surface area contributed by atoms with Crippen molar-refractivity contribution in [2.24, 2.45) is 0 Å². The van der Waals surface area contributed by atoms with Gasteiger partial charge in [-0.15, -0.1) is 0 Å². The van der Waals surface area contributed by atoms with Crippen molar-refractivity contribution in [1.29, 1.82) is 0 Å². The minimum Gasteiger partial charge on any atom is -0.507 e. The van der Waals surface area contributed by atoms with Gasteiger partial charge in [0.15, 0.2) is 5.69 Å². The Hall–Kier alpha value is -2.17. The smallest absolute Gasteiger partial charge is 0.354 e. The Labute approximate surface area is 78.7 Å². The molecule has 2 aromatic heterocycles. The number of fused-ring (bicyclic) bond motifs is 1. The molecule has 2 N–H and O–H groups in total. The maximum absolute atomic E-state index is 10.6. The lowest BCUT2D eigenvalue weighted by Gasteiger charge is -2.00. The number of carboxylic acid groups (broad SMARTS) is 1. The number of aromatic hydroxyl groups is 1. The van der Waals surface area contributed by atoms with Gasteiger partial charge in [-0.25, -0.2) is 9.78 Å². The molecule has 2 heterocycles. The van der Waals surface area contributed by atoms with Crippen LogP contribution in [0.4, 0.5) is 0 Å². The second-order valence-electron chi connectivity index (χ2n) is 2.72. The van der Waals surface area contributed by atoms with Gasteiger partial charge in [-0.05, 0) is 6.07 Å². The molecule has 14 heavy (non-hydrogen) atoms. The Morgan fingerprint density at radius 2 is 2.21 bits per heavy atom. The second-order valence-corrected chi connectivity index (χ2v) is 2.72. The summed E-state index contributed by atoms with van der Waals surface area (Å²) in [6, 6.07) is 2.69. The van der Waals surface area contributed by atoms with Crippen molar-refractivity contribution >= 4 is 16.9 Å². The maximum Gasteiger partial charge on any atom is 0.354 e. The third kappa shape index (κ3) is 1.24. The summed E-state index contributed by atoms with van der Waals surface area (Å²) >= 11 is 0. The summed E-state index contributed by atoms with van der Waals surface area (Å²) in [5.74, 6) is -1.28. The SMILES string of the molecule is O=C(O)c1cc(O)c2ccncc2n1. The van der Waals surface area contributed by atoms with Crippen LogP contribution in [0.25, 0.3) is 10.9 Å². The van der Waals surface area contributed by atoms with E-state index in [9.17, 15) is 9.90 Å². The van der Waals surface area contributed by atoms with E-state index in [0.717, 1.165) is 6.07 Å². The Morgan fingerprint density at radius 1 is 1.43 bits per heavy atom. The summed E-state index contributed by atoms with van der Waals surface area (Å²) in [6.45, 7) is 0. The molecule has 0 fully saturated rings. The first-order valence-electron chi connectivity index (χ1n) is 3.85. The van der Waals surface area contributed by atoms with Crippen LogP contribution in [0.1, 0.15) is 10.5 Å². The highest BCUT2D eigenvalue weighted by Crippen LogP contribution is 2.22. The molecule has 2 aromatic rings. The number of pyridine rings is 2. The van der Waals surface area contributed by atoms with E-state index in [-0.39, 0.29) is 11.4 Å². The van der Waals surface area contributed by atoms with Gasteiger partial charge in [-0.3, -0.25) is 4.98 Å². The summed E-state index contributed by atoms with van der Waals surface area (Å²) in [5.41, 5.74) is 0.174. The van der Waals surface area contributed by atoms with Crippen molar-refractivity contribution in [2.45, 2.75) is 0 Å². The molecule has 0 bridgehead atoms. The molecule has 0 amide bonds. The van der Waals surface area contributed by atoms with Crippen LogP contribution < -0.4 is 0 Å². The summed E-state index contributed by atoms with van der Waals surface area (Å²) in [4.78, 5) is 18.2. The number of aromatic nitrogens is 2. The molecule has 0 aliphatic rings. The monoisotopic (exact) mass is 190 g/mol. The van der Waals surface area contributed by atoms with Gasteiger partial charge in [-0.2, -0.15) is 0 Å². The Morgan fingerprint density at radius 3 is 2.93 bits per heavy atom. The van der Waals surface area contributed by atoms with Gasteiger partial charge >= 0.3 is 5.97 Å². The fraction of sp³-hybridized carbons (Fsp3) is 0. The topological polar surface area (TPSA) is 83.3 Å². The number of nitrogens with zero attached hydrogens (tertiary/aromatic N) is 2. The van der Waals surface area contributed by atoms with Crippen molar-refractivity contribution in [1.82, 2.24) is 9.97 Å². The van der Waals surface area contributed by atoms with Gasteiger partial charge in [-0.1, -0.05) is 0 Å². The lowest BCUT2D eigenvalue weighted by molar-refractivity contribution is 0.0690. The third-order valence-electron chi connectivity index (χ3n) is 1.81. The van der Waals surface area contributed by atoms with Gasteiger partial charge in [0.05, 0.1) is 11.7 Å². The van der Waals surface area contributed by atoms with Gasteiger partial charge in [0.25, 0.3) is 0 Å². The molecule has 70 valence electrons. The van der Waals surface area contributed by atoms with Crippen molar-refractivity contribution < 1.29 is 15.0 Å². The van der Waals surface area contributed by atoms with Gasteiger partial charge in [0.1, 0.15) is 5.75 Å². The Balaban J connectivity index is 2.78. The predicted molar refractivity (Wildman–Crippen MR) is 48.2 cm³/mol. The van der Waals surface area contributed by atoms with Gasteiger partial charge < -0.3 is 10.2 Å². The normalized spacial score (nSPS) is 10.3. The molecule has 0 aliphatic carbocycles. The molecule has 0 aromatic carbocycles. The third-order valence-corrected chi connectivity index (χ3v) is 1.81. The summed E-state index contributed by atoms with van der Waals surface area (Å²) < 4.78 is 0. The van der Waals surface area contributed by atoms with Crippen LogP contribution >= 0.6 is 0 Å². The summed E-state index contributed by atoms with van der Waals surface area (Å²) in [5, 5.41) is 18.6. The number of hydrogen-bond donors (Lipinski definition) is 2. The lowest BCUT2D eigenvalue weighted by Crippen LogP contribution is -2.00. The largest absolute Gasteiger partial charge is 0.507 e. The van der Waals surface area contributed by atoms with Crippen molar-refractivity contribution in [3.05, 3.63) is 30.2 Å². The number of hydrogen-bond acceptors (Lipinski definition) is 4. The Kier molecular flexibility index (Phi) is 1.78. The van der Waals surface area contributed by atoms with Gasteiger partial charge in [0, 0.05) is 17.6 Å². The van der Waals surface area contributed by atoms with Crippen LogP contribution in [-0.2, 0) is 0 Å². The van der Waals surface area contributed by atoms with E-state index in [1.54, 1.807) is 6.07 Å². The predicted octanol–water partition coefficient (Wildman–Crippen LogP) is 1.03. The standard InChI is InChI=1S/C9H6N2O3/c12-8-3-6(9(13)14)11-7-4-10-2-1-5(7)8/h1-4H,(H,11,12)(H,13,14). The van der Waals surface area contributed by atoms with E-state index in [1.807, 2.05) is 0 Å². The van der Waals surface area contributed by atoms with Crippen LogP contribution in [0.15, 0.2) is 24.5 Å². The van der Waals surface area contributed by atoms with E-state index in [1.165, 1.54) is 12.4 Å². The maximum atomic E-state index is 10.6. The molecule has 0 radical (unpaired) electrons. The van der Waals surface area contributed by atoms with E-state index < -0.39 is 5.97 Å². The van der Waals surface area contributed by atoms with Crippen LogP contribution in [0.3, 0.4) is 0 Å². The summed E-state index contributed by atoms with van der Waals surface area (Å²) in [6.07, 6.45) is 2.91. The van der Waals surface area contributed by atoms with E-state index in [0.29, 0.717) is 10.9 Å². The lowest BCUT2D eigenvalue weighted by atomic mass is 10.2. The quantitative estimate of drug-likeness (QED) is 0.701. The molecule has 2 rings (SSSR count). The zero-order valence-corrected chi connectivity index (χ0v) is 7.01. The van der Waals surface area contributed by atoms with Crippen LogP contribution in [-0.4, -0.2) is 26.2 Å². The molecule has 5 heteroatoms. The van der Waals surface area contributed by atoms with Crippen LogP contribution in [0.5, 0.6) is 5.75 Å². The van der Waals surface area contributed by atoms with Crippen LogP contribution in [0.2, 0.25) is 0 Å². The highest BCUT2D eigenvalue weighted by molar-refractivity contribution is 5.92. The molecular formula is C9H6N2O3. The Bertz CT molecular complexity index is 510. The van der Waals surface area contributed by atoms with Crippen molar-refractivity contribution in [2.75, 3.05) is 0 Å². The molecule has 0 atom stereocenters. The van der Waals surface area contributed by atoms with Gasteiger partial charge in [0.2, 0.25) is 0 Å². The summed E-state index contributed by atoms with van der Waals surface area (Å²) in [7, 11) is 0. The van der Waals surface area contributed by atoms with E-state index >= 15 is 0 Å². The molecule has 0 spiro atoms. The average molecular weight is 190 g/mol. The van der Waals surface area contributed by atoms with Crippen molar-refractivity contribution in [3.63, 3.8) is 0 Å². The molecule has 0 aliphatic heterocycles. The number of carboxylic acids is 1. The number of rotatable bonds is 1. The zero-order chi connectivity index (χ0) is 10.1. The highest BCUT2D eigenvalue weighted by atomic mass is 16.4. The first-order valence-corrected chi connectivity index (χ1v) is 3.85. The molecule has 5 nitrogen and oxygen atoms in total. The van der Waals surface area contributed by atoms with E-state index in [4.69, 9.17) is 5.11 Å². The molecular weight excluding hydrogens is 184 g/mol. The van der Waals surface area contributed by atoms with Crippen molar-refractivity contribution in [3.8, 4) is 5.75 Å². The molecule has 0 saturated carbocycles. The zero-order valence-electron chi connectivity index (χ0n) is 7.01. The first-order chi connectivity index (χ1) is 6.68. The molecule has 0 unspecified atom stereocenters.